The molecular weight excluding hydrogens is 360 g/mol. The second kappa shape index (κ2) is 6.92. The molecule has 4 aromatic rings. The first kappa shape index (κ1) is 17.7. The fourth-order valence-electron chi connectivity index (χ4n) is 4.64. The summed E-state index contributed by atoms with van der Waals surface area (Å²) in [4.78, 5) is 13.7. The molecule has 0 spiro atoms. The summed E-state index contributed by atoms with van der Waals surface area (Å²) in [5, 5.41) is 9.68. The first-order valence-corrected chi connectivity index (χ1v) is 10.1. The Morgan fingerprint density at radius 1 is 1.21 bits per heavy atom. The second-order valence-corrected chi connectivity index (χ2v) is 7.85. The number of nitrogens with one attached hydrogen (secondary N) is 1. The molecule has 2 aromatic carbocycles. The summed E-state index contributed by atoms with van der Waals surface area (Å²) in [6.45, 7) is 7.32. The Kier molecular flexibility index (Phi) is 4.23. The number of nitrogens with zero attached hydrogens (tertiary/aromatic N) is 3. The summed E-state index contributed by atoms with van der Waals surface area (Å²) in [6.07, 6.45) is 7.45. The van der Waals surface area contributed by atoms with Crippen LogP contribution in [0, 0.1) is 6.92 Å². The smallest absolute Gasteiger partial charge is 0.245 e. The van der Waals surface area contributed by atoms with E-state index in [1.54, 1.807) is 0 Å². The molecule has 5 rings (SSSR count). The Morgan fingerprint density at radius 3 is 2.83 bits per heavy atom. The van der Waals surface area contributed by atoms with Crippen molar-refractivity contribution in [2.24, 2.45) is 0 Å². The van der Waals surface area contributed by atoms with Crippen molar-refractivity contribution in [2.45, 2.75) is 25.8 Å². The minimum atomic E-state index is 0.0363. The van der Waals surface area contributed by atoms with Crippen molar-refractivity contribution < 1.29 is 4.79 Å². The van der Waals surface area contributed by atoms with E-state index < -0.39 is 0 Å². The molecule has 0 bridgehead atoms. The fraction of sp³-hybridized carbons (Fsp3) is 0.250. The van der Waals surface area contributed by atoms with Crippen LogP contribution in [0.5, 0.6) is 0 Å². The van der Waals surface area contributed by atoms with Crippen LogP contribution in [0.3, 0.4) is 0 Å². The van der Waals surface area contributed by atoms with E-state index in [4.69, 9.17) is 0 Å². The van der Waals surface area contributed by atoms with Gasteiger partial charge in [-0.1, -0.05) is 18.7 Å². The van der Waals surface area contributed by atoms with E-state index in [-0.39, 0.29) is 5.91 Å². The van der Waals surface area contributed by atoms with Crippen LogP contribution >= 0.6 is 0 Å². The summed E-state index contributed by atoms with van der Waals surface area (Å²) in [7, 11) is 0. The predicted molar refractivity (Wildman–Crippen MR) is 117 cm³/mol. The van der Waals surface area contributed by atoms with Crippen LogP contribution in [0.2, 0.25) is 0 Å². The van der Waals surface area contributed by atoms with Gasteiger partial charge in [0.15, 0.2) is 0 Å². The zero-order chi connectivity index (χ0) is 20.0. The van der Waals surface area contributed by atoms with E-state index in [1.165, 1.54) is 33.7 Å². The molecule has 0 atom stereocenters. The van der Waals surface area contributed by atoms with Gasteiger partial charge in [-0.2, -0.15) is 5.10 Å². The minimum Gasteiger partial charge on any atom is -0.344 e. The molecule has 1 amide bonds. The first-order valence-electron chi connectivity index (χ1n) is 10.1. The van der Waals surface area contributed by atoms with Crippen LogP contribution in [-0.4, -0.2) is 38.7 Å². The molecule has 1 saturated heterocycles. The fourth-order valence-corrected chi connectivity index (χ4v) is 4.64. The molecule has 29 heavy (non-hydrogen) atoms. The van der Waals surface area contributed by atoms with Crippen molar-refractivity contribution in [3.63, 3.8) is 0 Å². The average Bonchev–Trinajstić information content (AvgIpc) is 3.39. The van der Waals surface area contributed by atoms with Gasteiger partial charge in [0.25, 0.3) is 0 Å². The Labute approximate surface area is 169 Å². The molecule has 0 saturated carbocycles. The number of hydrogen-bond acceptors (Lipinski definition) is 2. The van der Waals surface area contributed by atoms with Crippen LogP contribution < -0.4 is 0 Å². The number of rotatable bonds is 3. The molecular formula is C24H24N4O. The highest BCUT2D eigenvalue weighted by molar-refractivity contribution is 5.98. The summed E-state index contributed by atoms with van der Waals surface area (Å²) in [5.74, 6) is 0.0363. The Hall–Kier alpha value is -3.34. The van der Waals surface area contributed by atoms with Gasteiger partial charge in [0.1, 0.15) is 0 Å². The maximum atomic E-state index is 11.8. The van der Waals surface area contributed by atoms with Crippen molar-refractivity contribution in [1.82, 2.24) is 19.7 Å². The molecule has 146 valence electrons. The number of piperidine rings is 1. The lowest BCUT2D eigenvalue weighted by molar-refractivity contribution is -0.127. The number of aryl methyl sites for hydroxylation is 1. The third-order valence-corrected chi connectivity index (χ3v) is 6.19. The number of hydrogen-bond donors (Lipinski definition) is 1. The Balaban J connectivity index is 1.48. The Morgan fingerprint density at radius 2 is 2.03 bits per heavy atom. The van der Waals surface area contributed by atoms with E-state index in [0.717, 1.165) is 36.8 Å². The van der Waals surface area contributed by atoms with Gasteiger partial charge in [0, 0.05) is 41.6 Å². The number of benzene rings is 2. The number of H-pyrrole nitrogens is 1. The molecule has 5 nitrogen and oxygen atoms in total. The van der Waals surface area contributed by atoms with Crippen molar-refractivity contribution >= 4 is 27.7 Å². The largest absolute Gasteiger partial charge is 0.344 e. The van der Waals surface area contributed by atoms with Gasteiger partial charge in [-0.05, 0) is 66.8 Å². The maximum Gasteiger partial charge on any atom is 0.245 e. The van der Waals surface area contributed by atoms with Gasteiger partial charge in [0.05, 0.1) is 11.7 Å². The average molecular weight is 384 g/mol. The topological polar surface area (TPSA) is 53.9 Å². The molecule has 0 unspecified atom stereocenters. The molecule has 1 fully saturated rings. The number of amides is 1. The molecule has 1 aliphatic rings. The van der Waals surface area contributed by atoms with Gasteiger partial charge < -0.3 is 9.47 Å². The molecule has 1 N–H and O–H groups in total. The van der Waals surface area contributed by atoms with E-state index in [1.807, 2.05) is 11.1 Å². The lowest BCUT2D eigenvalue weighted by Crippen LogP contribution is -2.37. The van der Waals surface area contributed by atoms with Crippen LogP contribution in [0.1, 0.15) is 24.4 Å². The summed E-state index contributed by atoms with van der Waals surface area (Å²) in [5.41, 5.74) is 6.01. The SMILES string of the molecule is C=CC(=O)N1CCC(n2ccc3cc(-c4c(C)ccc5[nH]ncc45)ccc32)CC1. The maximum absolute atomic E-state index is 11.8. The number of aromatic nitrogens is 3. The van der Waals surface area contributed by atoms with Crippen molar-refractivity contribution in [3.8, 4) is 11.1 Å². The van der Waals surface area contributed by atoms with E-state index >= 15 is 0 Å². The van der Waals surface area contributed by atoms with Gasteiger partial charge in [0.2, 0.25) is 5.91 Å². The van der Waals surface area contributed by atoms with Crippen molar-refractivity contribution in [2.75, 3.05) is 13.1 Å². The standard InChI is InChI=1S/C24H24N4O/c1-3-23(29)27-11-9-19(10-12-27)28-13-8-17-14-18(5-7-22(17)28)24-16(2)4-6-21-20(24)15-25-26-21/h3-8,13-15,19H,1,9-12H2,2H3,(H,25,26). The molecule has 0 radical (unpaired) electrons. The lowest BCUT2D eigenvalue weighted by Gasteiger charge is -2.32. The Bertz CT molecular complexity index is 1220. The van der Waals surface area contributed by atoms with Crippen LogP contribution in [0.4, 0.5) is 0 Å². The van der Waals surface area contributed by atoms with Gasteiger partial charge >= 0.3 is 0 Å². The van der Waals surface area contributed by atoms with Gasteiger partial charge in [-0.15, -0.1) is 0 Å². The van der Waals surface area contributed by atoms with Gasteiger partial charge in [-0.3, -0.25) is 9.89 Å². The third-order valence-electron chi connectivity index (χ3n) is 6.19. The molecule has 1 aliphatic heterocycles. The number of carbonyl (C=O) groups is 1. The molecule has 3 heterocycles. The zero-order valence-corrected chi connectivity index (χ0v) is 16.6. The molecule has 2 aromatic heterocycles. The summed E-state index contributed by atoms with van der Waals surface area (Å²) in [6, 6.07) is 13.6. The van der Waals surface area contributed by atoms with Crippen molar-refractivity contribution in [3.05, 3.63) is 67.0 Å². The van der Waals surface area contributed by atoms with Gasteiger partial charge in [-0.25, -0.2) is 0 Å². The molecule has 0 aliphatic carbocycles. The predicted octanol–water partition coefficient (Wildman–Crippen LogP) is 4.84. The van der Waals surface area contributed by atoms with Crippen LogP contribution in [-0.2, 0) is 4.79 Å². The highest BCUT2D eigenvalue weighted by Gasteiger charge is 2.23. The quantitative estimate of drug-likeness (QED) is 0.514. The number of fused-ring (bicyclic) bond motifs is 2. The van der Waals surface area contributed by atoms with E-state index in [2.05, 4.69) is 70.9 Å². The van der Waals surface area contributed by atoms with Crippen LogP contribution in [0.25, 0.3) is 32.9 Å². The number of likely N-dealkylation sites (tertiary alicyclic amines) is 1. The zero-order valence-electron chi connectivity index (χ0n) is 16.6. The second-order valence-electron chi connectivity index (χ2n) is 7.85. The molecule has 5 heteroatoms. The highest BCUT2D eigenvalue weighted by Crippen LogP contribution is 2.34. The van der Waals surface area contributed by atoms with E-state index in [9.17, 15) is 4.79 Å². The lowest BCUT2D eigenvalue weighted by atomic mass is 9.96. The normalized spacial score (nSPS) is 15.3. The monoisotopic (exact) mass is 384 g/mol. The first-order chi connectivity index (χ1) is 14.2. The van der Waals surface area contributed by atoms with Crippen LogP contribution in [0.15, 0.2) is 61.4 Å². The number of carbonyl (C=O) groups excluding carboxylic acids is 1. The number of aromatic amines is 1. The highest BCUT2D eigenvalue weighted by atomic mass is 16.2. The summed E-state index contributed by atoms with van der Waals surface area (Å²) >= 11 is 0. The van der Waals surface area contributed by atoms with Crippen molar-refractivity contribution in [1.29, 1.82) is 0 Å². The van der Waals surface area contributed by atoms with E-state index in [0.29, 0.717) is 6.04 Å². The minimum absolute atomic E-state index is 0.0363. The third kappa shape index (κ3) is 2.94. The summed E-state index contributed by atoms with van der Waals surface area (Å²) < 4.78 is 2.38.